The molecule has 2 aromatic carbocycles. The van der Waals surface area contributed by atoms with Crippen molar-refractivity contribution in [2.75, 3.05) is 17.7 Å². The first-order valence-electron chi connectivity index (χ1n) is 7.35. The maximum atomic E-state index is 13.0. The van der Waals surface area contributed by atoms with Gasteiger partial charge in [-0.25, -0.2) is 4.39 Å². The van der Waals surface area contributed by atoms with Crippen LogP contribution < -0.4 is 5.32 Å². The summed E-state index contributed by atoms with van der Waals surface area (Å²) < 4.78 is 17.9. The highest BCUT2D eigenvalue weighted by atomic mass is 32.2. The third kappa shape index (κ3) is 5.70. The van der Waals surface area contributed by atoms with Gasteiger partial charge in [-0.1, -0.05) is 23.8 Å². The number of rotatable bonds is 6. The Kier molecular flexibility index (Phi) is 6.37. The molecule has 2 rings (SSSR count). The van der Waals surface area contributed by atoms with Crippen LogP contribution in [0.5, 0.6) is 0 Å². The van der Waals surface area contributed by atoms with Crippen molar-refractivity contribution in [3.05, 3.63) is 59.4 Å². The van der Waals surface area contributed by atoms with Gasteiger partial charge >= 0.3 is 5.97 Å². The number of ether oxygens (including phenoxy) is 1. The van der Waals surface area contributed by atoms with Crippen LogP contribution in [-0.2, 0) is 14.3 Å². The minimum atomic E-state index is -0.509. The predicted molar refractivity (Wildman–Crippen MR) is 92.6 cm³/mol. The minimum Gasteiger partial charge on any atom is -0.455 e. The number of nitrogens with one attached hydrogen (secondary N) is 1. The fraction of sp³-hybridized carbons (Fsp3) is 0.222. The van der Waals surface area contributed by atoms with Gasteiger partial charge in [0.25, 0.3) is 5.91 Å². The molecule has 0 saturated carbocycles. The van der Waals surface area contributed by atoms with E-state index in [-0.39, 0.29) is 5.75 Å². The zero-order valence-electron chi connectivity index (χ0n) is 13.5. The van der Waals surface area contributed by atoms with E-state index in [1.807, 2.05) is 32.0 Å². The molecule has 0 saturated heterocycles. The smallest absolute Gasteiger partial charge is 0.316 e. The van der Waals surface area contributed by atoms with Crippen LogP contribution in [0.1, 0.15) is 11.1 Å². The van der Waals surface area contributed by atoms with Crippen LogP contribution in [0.15, 0.2) is 47.4 Å². The van der Waals surface area contributed by atoms with Gasteiger partial charge in [0, 0.05) is 10.6 Å². The van der Waals surface area contributed by atoms with E-state index in [2.05, 4.69) is 5.32 Å². The summed E-state index contributed by atoms with van der Waals surface area (Å²) in [5.74, 6) is -1.31. The summed E-state index contributed by atoms with van der Waals surface area (Å²) >= 11 is 1.37. The van der Waals surface area contributed by atoms with Crippen molar-refractivity contribution in [1.29, 1.82) is 0 Å². The lowest BCUT2D eigenvalue weighted by Gasteiger charge is -2.08. The number of benzene rings is 2. The Bertz CT molecular complexity index is 749. The molecule has 0 aliphatic heterocycles. The number of aryl methyl sites for hydroxylation is 2. The topological polar surface area (TPSA) is 55.4 Å². The molecule has 2 aromatic rings. The number of thioether (sulfide) groups is 1. The number of hydrogen-bond acceptors (Lipinski definition) is 4. The zero-order valence-corrected chi connectivity index (χ0v) is 14.3. The number of anilines is 1. The van der Waals surface area contributed by atoms with Crippen molar-refractivity contribution in [3.8, 4) is 0 Å². The Labute approximate surface area is 144 Å². The first kappa shape index (κ1) is 18.0. The van der Waals surface area contributed by atoms with E-state index < -0.39 is 24.3 Å². The van der Waals surface area contributed by atoms with E-state index in [1.165, 1.54) is 30.0 Å². The average Bonchev–Trinajstić information content (AvgIpc) is 2.52. The number of halogens is 1. The third-order valence-corrected chi connectivity index (χ3v) is 4.30. The van der Waals surface area contributed by atoms with Gasteiger partial charge in [-0.3, -0.25) is 9.59 Å². The van der Waals surface area contributed by atoms with Gasteiger partial charge in [0.05, 0.1) is 5.75 Å². The standard InChI is InChI=1S/C18H18FNO3S/c1-12-6-7-16(13(2)8-12)24-11-18(22)23-10-17(21)20-15-5-3-4-14(19)9-15/h3-9H,10-11H2,1-2H3,(H,20,21). The molecule has 0 aliphatic rings. The Morgan fingerprint density at radius 1 is 1.17 bits per heavy atom. The molecule has 0 fully saturated rings. The van der Waals surface area contributed by atoms with Crippen LogP contribution in [0.3, 0.4) is 0 Å². The van der Waals surface area contributed by atoms with Crippen LogP contribution in [0.2, 0.25) is 0 Å². The molecular weight excluding hydrogens is 329 g/mol. The van der Waals surface area contributed by atoms with Crippen molar-refractivity contribution in [2.45, 2.75) is 18.7 Å². The van der Waals surface area contributed by atoms with Crippen molar-refractivity contribution in [2.24, 2.45) is 0 Å². The predicted octanol–water partition coefficient (Wildman–Crippen LogP) is 3.72. The van der Waals surface area contributed by atoms with Gasteiger partial charge in [0.2, 0.25) is 0 Å². The number of carbonyl (C=O) groups excluding carboxylic acids is 2. The summed E-state index contributed by atoms with van der Waals surface area (Å²) in [6, 6.07) is 11.5. The average molecular weight is 347 g/mol. The number of hydrogen-bond donors (Lipinski definition) is 1. The first-order chi connectivity index (χ1) is 11.4. The molecule has 126 valence electrons. The highest BCUT2D eigenvalue weighted by Crippen LogP contribution is 2.23. The molecule has 0 heterocycles. The number of amides is 1. The van der Waals surface area contributed by atoms with E-state index in [0.29, 0.717) is 5.69 Å². The molecule has 0 unspecified atom stereocenters. The van der Waals surface area contributed by atoms with Gasteiger partial charge in [-0.15, -0.1) is 11.8 Å². The highest BCUT2D eigenvalue weighted by molar-refractivity contribution is 8.00. The molecule has 0 aliphatic carbocycles. The summed E-state index contributed by atoms with van der Waals surface area (Å²) in [4.78, 5) is 24.4. The molecule has 4 nitrogen and oxygen atoms in total. The van der Waals surface area contributed by atoms with Gasteiger partial charge < -0.3 is 10.1 Å². The van der Waals surface area contributed by atoms with Crippen LogP contribution in [0, 0.1) is 19.7 Å². The third-order valence-electron chi connectivity index (χ3n) is 3.15. The van der Waals surface area contributed by atoms with Crippen molar-refractivity contribution >= 4 is 29.3 Å². The summed E-state index contributed by atoms with van der Waals surface area (Å²) in [7, 11) is 0. The second-order valence-electron chi connectivity index (χ2n) is 5.28. The summed E-state index contributed by atoms with van der Waals surface area (Å²) in [5, 5.41) is 2.46. The number of carbonyl (C=O) groups is 2. The van der Waals surface area contributed by atoms with Crippen LogP contribution in [0.4, 0.5) is 10.1 Å². The van der Waals surface area contributed by atoms with Crippen LogP contribution >= 0.6 is 11.8 Å². The molecule has 1 N–H and O–H groups in total. The lowest BCUT2D eigenvalue weighted by molar-refractivity contribution is -0.144. The number of esters is 1. The Morgan fingerprint density at radius 2 is 1.96 bits per heavy atom. The maximum Gasteiger partial charge on any atom is 0.316 e. The lowest BCUT2D eigenvalue weighted by atomic mass is 10.2. The fourth-order valence-corrected chi connectivity index (χ4v) is 2.86. The monoisotopic (exact) mass is 347 g/mol. The Balaban J connectivity index is 1.75. The molecule has 0 atom stereocenters. The van der Waals surface area contributed by atoms with Crippen molar-refractivity contribution in [3.63, 3.8) is 0 Å². The van der Waals surface area contributed by atoms with Gasteiger partial charge in [0.15, 0.2) is 6.61 Å². The summed E-state index contributed by atoms with van der Waals surface area (Å²) in [5.41, 5.74) is 2.57. The van der Waals surface area contributed by atoms with E-state index in [9.17, 15) is 14.0 Å². The molecule has 0 aromatic heterocycles. The Hall–Kier alpha value is -2.34. The van der Waals surface area contributed by atoms with E-state index in [4.69, 9.17) is 4.74 Å². The largest absolute Gasteiger partial charge is 0.455 e. The van der Waals surface area contributed by atoms with Crippen molar-refractivity contribution < 1.29 is 18.7 Å². The SMILES string of the molecule is Cc1ccc(SCC(=O)OCC(=O)Nc2cccc(F)c2)c(C)c1. The van der Waals surface area contributed by atoms with Crippen LogP contribution in [-0.4, -0.2) is 24.2 Å². The second kappa shape index (κ2) is 8.49. The maximum absolute atomic E-state index is 13.0. The van der Waals surface area contributed by atoms with E-state index >= 15 is 0 Å². The van der Waals surface area contributed by atoms with E-state index in [1.54, 1.807) is 6.07 Å². The molecule has 0 bridgehead atoms. The zero-order chi connectivity index (χ0) is 17.5. The molecule has 0 spiro atoms. The minimum absolute atomic E-state index is 0.122. The van der Waals surface area contributed by atoms with Crippen molar-refractivity contribution in [1.82, 2.24) is 0 Å². The molecule has 1 amide bonds. The van der Waals surface area contributed by atoms with E-state index in [0.717, 1.165) is 16.0 Å². The highest BCUT2D eigenvalue weighted by Gasteiger charge is 2.10. The Morgan fingerprint density at radius 3 is 2.67 bits per heavy atom. The normalized spacial score (nSPS) is 10.3. The summed E-state index contributed by atoms with van der Waals surface area (Å²) in [6.07, 6.45) is 0. The first-order valence-corrected chi connectivity index (χ1v) is 8.33. The summed E-state index contributed by atoms with van der Waals surface area (Å²) in [6.45, 7) is 3.59. The van der Waals surface area contributed by atoms with Gasteiger partial charge in [-0.2, -0.15) is 0 Å². The van der Waals surface area contributed by atoms with Gasteiger partial charge in [0.1, 0.15) is 5.82 Å². The second-order valence-corrected chi connectivity index (χ2v) is 6.29. The van der Waals surface area contributed by atoms with Gasteiger partial charge in [-0.05, 0) is 43.7 Å². The van der Waals surface area contributed by atoms with Crippen LogP contribution in [0.25, 0.3) is 0 Å². The molecule has 24 heavy (non-hydrogen) atoms. The quantitative estimate of drug-likeness (QED) is 0.639. The molecule has 6 heteroatoms. The fourth-order valence-electron chi connectivity index (χ4n) is 2.05. The lowest BCUT2D eigenvalue weighted by Crippen LogP contribution is -2.21. The molecule has 0 radical (unpaired) electrons. The molecular formula is C18H18FNO3S.